The van der Waals surface area contributed by atoms with Crippen molar-refractivity contribution in [2.45, 2.75) is 13.8 Å². The highest BCUT2D eigenvalue weighted by Gasteiger charge is 2.12. The van der Waals surface area contributed by atoms with Crippen molar-refractivity contribution in [3.05, 3.63) is 23.8 Å². The Kier molecular flexibility index (Phi) is 5.32. The molecule has 0 aliphatic carbocycles. The van der Waals surface area contributed by atoms with Crippen LogP contribution in [0.5, 0.6) is 0 Å². The number of benzene rings is 1. The fourth-order valence-corrected chi connectivity index (χ4v) is 1.69. The topological polar surface area (TPSA) is 101 Å². The van der Waals surface area contributed by atoms with Crippen molar-refractivity contribution in [3.8, 4) is 0 Å². The average Bonchev–Trinajstić information content (AvgIpc) is 2.31. The van der Waals surface area contributed by atoms with E-state index in [0.717, 1.165) is 5.56 Å². The number of nitrogens with zero attached hydrogens (tertiary/aromatic N) is 1. The molecule has 0 unspecified atom stereocenters. The second-order valence-electron chi connectivity index (χ2n) is 4.41. The van der Waals surface area contributed by atoms with Crippen molar-refractivity contribution >= 4 is 23.2 Å². The number of nitrogen functional groups attached to an aromatic ring is 1. The van der Waals surface area contributed by atoms with Crippen molar-refractivity contribution in [3.63, 3.8) is 0 Å². The lowest BCUT2D eigenvalue weighted by Crippen LogP contribution is -2.39. The molecule has 5 N–H and O–H groups in total. The Hall–Kier alpha value is -2.08. The summed E-state index contributed by atoms with van der Waals surface area (Å²) in [5.74, 6) is -0.678. The summed E-state index contributed by atoms with van der Waals surface area (Å²) >= 11 is 0. The lowest BCUT2D eigenvalue weighted by molar-refractivity contribution is -0.121. The smallest absolute Gasteiger partial charge is 0.238 e. The number of nitrogens with two attached hydrogens (primary N) is 2. The molecule has 0 radical (unpaired) electrons. The molecule has 0 aromatic heterocycles. The lowest BCUT2D eigenvalue weighted by Gasteiger charge is -2.18. The Bertz CT molecular complexity index is 474. The van der Waals surface area contributed by atoms with Crippen molar-refractivity contribution in [2.24, 2.45) is 5.73 Å². The molecule has 1 rings (SSSR count). The zero-order valence-electron chi connectivity index (χ0n) is 11.3. The van der Waals surface area contributed by atoms with Gasteiger partial charge in [-0.1, -0.05) is 13.0 Å². The van der Waals surface area contributed by atoms with Crippen LogP contribution in [0.25, 0.3) is 0 Å². The van der Waals surface area contributed by atoms with E-state index in [1.165, 1.54) is 0 Å². The Morgan fingerprint density at radius 3 is 2.53 bits per heavy atom. The molecule has 6 heteroatoms. The first kappa shape index (κ1) is 15.0. The molecule has 1 aromatic carbocycles. The monoisotopic (exact) mass is 264 g/mol. The fraction of sp³-hybridized carbons (Fsp3) is 0.385. The van der Waals surface area contributed by atoms with E-state index in [-0.39, 0.29) is 19.0 Å². The second kappa shape index (κ2) is 6.75. The zero-order chi connectivity index (χ0) is 14.4. The van der Waals surface area contributed by atoms with Crippen molar-refractivity contribution in [1.82, 2.24) is 4.90 Å². The molecular weight excluding hydrogens is 244 g/mol. The molecule has 0 saturated heterocycles. The van der Waals surface area contributed by atoms with Crippen LogP contribution < -0.4 is 16.8 Å². The van der Waals surface area contributed by atoms with Gasteiger partial charge in [0.1, 0.15) is 0 Å². The zero-order valence-corrected chi connectivity index (χ0v) is 11.3. The number of likely N-dealkylation sites (N-methyl/N-ethyl adjacent to an activating group) is 1. The van der Waals surface area contributed by atoms with Gasteiger partial charge in [0.2, 0.25) is 11.8 Å². The molecule has 2 amide bonds. The van der Waals surface area contributed by atoms with Crippen LogP contribution in [-0.4, -0.2) is 36.3 Å². The number of aryl methyl sites for hydroxylation is 1. The minimum absolute atomic E-state index is 0.0628. The largest absolute Gasteiger partial charge is 0.397 e. The fourth-order valence-electron chi connectivity index (χ4n) is 1.69. The van der Waals surface area contributed by atoms with Crippen molar-refractivity contribution < 1.29 is 9.59 Å². The summed E-state index contributed by atoms with van der Waals surface area (Å²) in [7, 11) is 0. The Labute approximate surface area is 112 Å². The second-order valence-corrected chi connectivity index (χ2v) is 4.41. The van der Waals surface area contributed by atoms with Crippen molar-refractivity contribution in [1.29, 1.82) is 0 Å². The first-order valence-corrected chi connectivity index (χ1v) is 6.09. The normalized spacial score (nSPS) is 10.5. The summed E-state index contributed by atoms with van der Waals surface area (Å²) in [5.41, 5.74) is 13.0. The maximum absolute atomic E-state index is 11.8. The van der Waals surface area contributed by atoms with E-state index < -0.39 is 5.91 Å². The van der Waals surface area contributed by atoms with E-state index in [1.54, 1.807) is 17.0 Å². The Balaban J connectivity index is 2.61. The third-order valence-corrected chi connectivity index (χ3v) is 2.68. The highest BCUT2D eigenvalue weighted by molar-refractivity contribution is 5.95. The molecule has 0 fully saturated rings. The molecule has 0 saturated carbocycles. The van der Waals surface area contributed by atoms with Gasteiger partial charge < -0.3 is 16.8 Å². The first-order valence-electron chi connectivity index (χ1n) is 6.09. The predicted molar refractivity (Wildman–Crippen MR) is 75.5 cm³/mol. The molecule has 0 spiro atoms. The Morgan fingerprint density at radius 2 is 2.00 bits per heavy atom. The van der Waals surface area contributed by atoms with Crippen LogP contribution in [0.15, 0.2) is 18.2 Å². The van der Waals surface area contributed by atoms with E-state index in [9.17, 15) is 9.59 Å². The van der Waals surface area contributed by atoms with Gasteiger partial charge in [-0.25, -0.2) is 0 Å². The van der Waals surface area contributed by atoms with Gasteiger partial charge in [-0.3, -0.25) is 14.5 Å². The van der Waals surface area contributed by atoms with Crippen LogP contribution in [0.3, 0.4) is 0 Å². The van der Waals surface area contributed by atoms with Gasteiger partial charge in [-0.05, 0) is 31.2 Å². The van der Waals surface area contributed by atoms with Gasteiger partial charge in [0.05, 0.1) is 24.5 Å². The lowest BCUT2D eigenvalue weighted by atomic mass is 10.2. The minimum atomic E-state index is -0.454. The van der Waals surface area contributed by atoms with Crippen LogP contribution in [0, 0.1) is 6.92 Å². The highest BCUT2D eigenvalue weighted by Crippen LogP contribution is 2.19. The molecule has 0 aliphatic rings. The summed E-state index contributed by atoms with van der Waals surface area (Å²) in [6.45, 7) is 4.52. The summed E-state index contributed by atoms with van der Waals surface area (Å²) < 4.78 is 0. The maximum atomic E-state index is 11.8. The van der Waals surface area contributed by atoms with Gasteiger partial charge in [-0.2, -0.15) is 0 Å². The third-order valence-electron chi connectivity index (χ3n) is 2.68. The molecular formula is C13H20N4O2. The standard InChI is InChI=1S/C13H20N4O2/c1-3-17(7-12(15)18)8-13(19)16-11-5-4-9(2)6-10(11)14/h4-6H,3,7-8,14H2,1-2H3,(H2,15,18)(H,16,19). The number of carbonyl (C=O) groups excluding carboxylic acids is 2. The molecule has 104 valence electrons. The minimum Gasteiger partial charge on any atom is -0.397 e. The van der Waals surface area contributed by atoms with Gasteiger partial charge in [-0.15, -0.1) is 0 Å². The van der Waals surface area contributed by atoms with E-state index in [0.29, 0.717) is 17.9 Å². The predicted octanol–water partition coefficient (Wildman–Crippen LogP) is 0.323. The number of nitrogens with one attached hydrogen (secondary N) is 1. The van der Waals surface area contributed by atoms with Crippen LogP contribution in [0.4, 0.5) is 11.4 Å². The van der Waals surface area contributed by atoms with Crippen LogP contribution in [0.2, 0.25) is 0 Å². The third kappa shape index (κ3) is 4.97. The highest BCUT2D eigenvalue weighted by atomic mass is 16.2. The number of amides is 2. The van der Waals surface area contributed by atoms with Crippen LogP contribution in [0.1, 0.15) is 12.5 Å². The average molecular weight is 264 g/mol. The number of hydrogen-bond acceptors (Lipinski definition) is 4. The molecule has 0 atom stereocenters. The van der Waals surface area contributed by atoms with Crippen molar-refractivity contribution in [2.75, 3.05) is 30.7 Å². The number of rotatable bonds is 6. The SMILES string of the molecule is CCN(CC(N)=O)CC(=O)Nc1ccc(C)cc1N. The molecule has 6 nitrogen and oxygen atoms in total. The molecule has 0 aliphatic heterocycles. The first-order chi connectivity index (χ1) is 8.92. The number of carbonyl (C=O) groups is 2. The summed E-state index contributed by atoms with van der Waals surface area (Å²) in [5, 5.41) is 2.72. The van der Waals surface area contributed by atoms with Gasteiger partial charge >= 0.3 is 0 Å². The van der Waals surface area contributed by atoms with Gasteiger partial charge in [0.25, 0.3) is 0 Å². The van der Waals surface area contributed by atoms with Crippen LogP contribution in [-0.2, 0) is 9.59 Å². The quantitative estimate of drug-likeness (QED) is 0.644. The molecule has 19 heavy (non-hydrogen) atoms. The van der Waals surface area contributed by atoms with E-state index >= 15 is 0 Å². The van der Waals surface area contributed by atoms with Crippen LogP contribution >= 0.6 is 0 Å². The maximum Gasteiger partial charge on any atom is 0.238 e. The molecule has 0 heterocycles. The number of hydrogen-bond donors (Lipinski definition) is 3. The number of primary amides is 1. The van der Waals surface area contributed by atoms with E-state index in [2.05, 4.69) is 5.32 Å². The number of anilines is 2. The van der Waals surface area contributed by atoms with Gasteiger partial charge in [0, 0.05) is 0 Å². The summed E-state index contributed by atoms with van der Waals surface area (Å²) in [6.07, 6.45) is 0. The Morgan fingerprint density at radius 1 is 1.32 bits per heavy atom. The van der Waals surface area contributed by atoms with E-state index in [4.69, 9.17) is 11.5 Å². The molecule has 0 bridgehead atoms. The van der Waals surface area contributed by atoms with E-state index in [1.807, 2.05) is 19.9 Å². The summed E-state index contributed by atoms with van der Waals surface area (Å²) in [6, 6.07) is 5.41. The van der Waals surface area contributed by atoms with Gasteiger partial charge in [0.15, 0.2) is 0 Å². The summed E-state index contributed by atoms with van der Waals surface area (Å²) in [4.78, 5) is 24.3. The molecule has 1 aromatic rings.